The lowest BCUT2D eigenvalue weighted by molar-refractivity contribution is -0.118. The van der Waals surface area contributed by atoms with E-state index in [1.165, 1.54) is 0 Å². The molecule has 5 heteroatoms. The number of hydrogen-bond acceptors (Lipinski definition) is 3. The molecule has 0 aromatic heterocycles. The maximum absolute atomic E-state index is 12.0. The normalized spacial score (nSPS) is 15.4. The summed E-state index contributed by atoms with van der Waals surface area (Å²) in [6, 6.07) is 5.48. The summed E-state index contributed by atoms with van der Waals surface area (Å²) in [5.74, 6) is 0.0596. The molecule has 1 unspecified atom stereocenters. The van der Waals surface area contributed by atoms with E-state index in [9.17, 15) is 9.59 Å². The van der Waals surface area contributed by atoms with Gasteiger partial charge in [-0.15, -0.1) is 0 Å². The Balaban J connectivity index is 2.22. The van der Waals surface area contributed by atoms with Gasteiger partial charge in [-0.1, -0.05) is 0 Å². The van der Waals surface area contributed by atoms with Gasteiger partial charge in [0.25, 0.3) is 0 Å². The number of nitrogens with two attached hydrogens (primary N) is 1. The maximum atomic E-state index is 12.0. The van der Waals surface area contributed by atoms with Gasteiger partial charge in [-0.25, -0.2) is 0 Å². The minimum absolute atomic E-state index is 0.0207. The maximum Gasteiger partial charge on any atom is 0.231 e. The molecular formula is C14H19N3O2. The van der Waals surface area contributed by atoms with Crippen LogP contribution >= 0.6 is 0 Å². The average molecular weight is 261 g/mol. The van der Waals surface area contributed by atoms with Crippen LogP contribution in [0.5, 0.6) is 0 Å². The molecule has 0 spiro atoms. The Bertz CT molecular complexity index is 525. The molecule has 0 saturated heterocycles. The second-order valence-corrected chi connectivity index (χ2v) is 5.08. The molecule has 2 N–H and O–H groups in total. The number of anilines is 2. The summed E-state index contributed by atoms with van der Waals surface area (Å²) in [5, 5.41) is 0. The van der Waals surface area contributed by atoms with Crippen molar-refractivity contribution >= 4 is 23.2 Å². The standard InChI is InChI=1S/C14H19N3O2/c1-9(15)6-13(18)16(2)11-4-5-12-10(7-11)8-14(19)17(12)3/h4-5,7,9H,6,8,15H2,1-3H3. The van der Waals surface area contributed by atoms with Gasteiger partial charge in [0, 0.05) is 37.9 Å². The van der Waals surface area contributed by atoms with Crippen molar-refractivity contribution in [1.82, 2.24) is 0 Å². The molecule has 1 aliphatic heterocycles. The van der Waals surface area contributed by atoms with Crippen LogP contribution in [0, 0.1) is 0 Å². The highest BCUT2D eigenvalue weighted by Gasteiger charge is 2.25. The lowest BCUT2D eigenvalue weighted by Gasteiger charge is -2.19. The van der Waals surface area contributed by atoms with E-state index in [4.69, 9.17) is 5.73 Å². The number of benzene rings is 1. The molecule has 102 valence electrons. The molecule has 5 nitrogen and oxygen atoms in total. The molecular weight excluding hydrogens is 242 g/mol. The molecule has 0 saturated carbocycles. The predicted octanol–water partition coefficient (Wildman–Crippen LogP) is 0.906. The minimum Gasteiger partial charge on any atom is -0.327 e. The van der Waals surface area contributed by atoms with Crippen LogP contribution in [0.3, 0.4) is 0 Å². The van der Waals surface area contributed by atoms with Crippen LogP contribution < -0.4 is 15.5 Å². The van der Waals surface area contributed by atoms with E-state index in [0.29, 0.717) is 12.8 Å². The zero-order valence-corrected chi connectivity index (χ0v) is 11.5. The third-order valence-electron chi connectivity index (χ3n) is 3.40. The number of fused-ring (bicyclic) bond motifs is 1. The predicted molar refractivity (Wildman–Crippen MR) is 75.2 cm³/mol. The summed E-state index contributed by atoms with van der Waals surface area (Å²) in [6.07, 6.45) is 0.710. The number of amides is 2. The van der Waals surface area contributed by atoms with Crippen LogP contribution in [0.2, 0.25) is 0 Å². The number of likely N-dealkylation sites (N-methyl/N-ethyl adjacent to an activating group) is 1. The van der Waals surface area contributed by atoms with Crippen LogP contribution in [0.4, 0.5) is 11.4 Å². The highest BCUT2D eigenvalue weighted by atomic mass is 16.2. The molecule has 1 aromatic rings. The second kappa shape index (κ2) is 5.01. The van der Waals surface area contributed by atoms with Gasteiger partial charge in [-0.3, -0.25) is 9.59 Å². The highest BCUT2D eigenvalue weighted by molar-refractivity contribution is 6.02. The van der Waals surface area contributed by atoms with E-state index in [-0.39, 0.29) is 17.9 Å². The molecule has 1 atom stereocenters. The lowest BCUT2D eigenvalue weighted by Crippen LogP contribution is -2.31. The third-order valence-corrected chi connectivity index (χ3v) is 3.40. The summed E-state index contributed by atoms with van der Waals surface area (Å²) < 4.78 is 0. The van der Waals surface area contributed by atoms with Crippen LogP contribution in [0.15, 0.2) is 18.2 Å². The topological polar surface area (TPSA) is 66.6 Å². The Morgan fingerprint density at radius 1 is 1.53 bits per heavy atom. The van der Waals surface area contributed by atoms with Gasteiger partial charge in [0.05, 0.1) is 6.42 Å². The van der Waals surface area contributed by atoms with Gasteiger partial charge in [0.1, 0.15) is 0 Å². The van der Waals surface area contributed by atoms with Crippen molar-refractivity contribution in [1.29, 1.82) is 0 Å². The van der Waals surface area contributed by atoms with E-state index in [1.807, 2.05) is 25.1 Å². The molecule has 0 fully saturated rings. The van der Waals surface area contributed by atoms with Gasteiger partial charge in [0.2, 0.25) is 11.8 Å². The number of carbonyl (C=O) groups excluding carboxylic acids is 2. The van der Waals surface area contributed by atoms with Gasteiger partial charge < -0.3 is 15.5 Å². The molecule has 1 aromatic carbocycles. The SMILES string of the molecule is CC(N)CC(=O)N(C)c1ccc2c(c1)CC(=O)N2C. The number of hydrogen-bond donors (Lipinski definition) is 1. The van der Waals surface area contributed by atoms with Crippen molar-refractivity contribution in [3.05, 3.63) is 23.8 Å². The van der Waals surface area contributed by atoms with E-state index in [2.05, 4.69) is 0 Å². The zero-order valence-electron chi connectivity index (χ0n) is 11.5. The largest absolute Gasteiger partial charge is 0.327 e. The highest BCUT2D eigenvalue weighted by Crippen LogP contribution is 2.31. The van der Waals surface area contributed by atoms with Crippen LogP contribution in [-0.2, 0) is 16.0 Å². The fourth-order valence-corrected chi connectivity index (χ4v) is 2.22. The van der Waals surface area contributed by atoms with Crippen LogP contribution in [0.1, 0.15) is 18.9 Å². The first-order valence-electron chi connectivity index (χ1n) is 6.31. The first-order valence-corrected chi connectivity index (χ1v) is 6.31. The van der Waals surface area contributed by atoms with E-state index < -0.39 is 0 Å². The number of rotatable bonds is 3. The van der Waals surface area contributed by atoms with Gasteiger partial charge in [-0.05, 0) is 30.7 Å². The average Bonchev–Trinajstić information content (AvgIpc) is 2.63. The van der Waals surface area contributed by atoms with Crippen molar-refractivity contribution in [2.75, 3.05) is 23.9 Å². The summed E-state index contributed by atoms with van der Waals surface area (Å²) in [4.78, 5) is 26.8. The first-order chi connectivity index (χ1) is 8.90. The van der Waals surface area contributed by atoms with Crippen LogP contribution in [0.25, 0.3) is 0 Å². The molecule has 1 aliphatic rings. The quantitative estimate of drug-likeness (QED) is 0.879. The molecule has 1 heterocycles. The fourth-order valence-electron chi connectivity index (χ4n) is 2.22. The number of nitrogens with zero attached hydrogens (tertiary/aromatic N) is 2. The van der Waals surface area contributed by atoms with E-state index in [1.54, 1.807) is 23.9 Å². The molecule has 0 aliphatic carbocycles. The summed E-state index contributed by atoms with van der Waals surface area (Å²) in [7, 11) is 3.49. The summed E-state index contributed by atoms with van der Waals surface area (Å²) >= 11 is 0. The van der Waals surface area contributed by atoms with E-state index in [0.717, 1.165) is 16.9 Å². The molecule has 2 rings (SSSR count). The van der Waals surface area contributed by atoms with Crippen molar-refractivity contribution in [2.24, 2.45) is 5.73 Å². The van der Waals surface area contributed by atoms with Crippen LogP contribution in [-0.4, -0.2) is 32.0 Å². The van der Waals surface area contributed by atoms with Gasteiger partial charge >= 0.3 is 0 Å². The number of carbonyl (C=O) groups is 2. The smallest absolute Gasteiger partial charge is 0.231 e. The Labute approximate surface area is 113 Å². The van der Waals surface area contributed by atoms with E-state index >= 15 is 0 Å². The Kier molecular flexibility index (Phi) is 3.57. The Hall–Kier alpha value is -1.88. The fraction of sp³-hybridized carbons (Fsp3) is 0.429. The minimum atomic E-state index is -0.155. The van der Waals surface area contributed by atoms with Crippen molar-refractivity contribution in [3.8, 4) is 0 Å². The Morgan fingerprint density at radius 2 is 2.21 bits per heavy atom. The lowest BCUT2D eigenvalue weighted by atomic mass is 10.1. The Morgan fingerprint density at radius 3 is 2.84 bits per heavy atom. The van der Waals surface area contributed by atoms with Gasteiger partial charge in [0.15, 0.2) is 0 Å². The zero-order chi connectivity index (χ0) is 14.2. The molecule has 0 radical (unpaired) electrons. The molecule has 2 amide bonds. The molecule has 0 bridgehead atoms. The van der Waals surface area contributed by atoms with Crippen molar-refractivity contribution in [2.45, 2.75) is 25.8 Å². The summed E-state index contributed by atoms with van der Waals surface area (Å²) in [6.45, 7) is 1.81. The monoisotopic (exact) mass is 261 g/mol. The van der Waals surface area contributed by atoms with Gasteiger partial charge in [-0.2, -0.15) is 0 Å². The van der Waals surface area contributed by atoms with Crippen molar-refractivity contribution < 1.29 is 9.59 Å². The second-order valence-electron chi connectivity index (χ2n) is 5.08. The molecule has 19 heavy (non-hydrogen) atoms. The third kappa shape index (κ3) is 2.61. The van der Waals surface area contributed by atoms with Crippen molar-refractivity contribution in [3.63, 3.8) is 0 Å². The first kappa shape index (κ1) is 13.5. The summed E-state index contributed by atoms with van der Waals surface area (Å²) in [5.41, 5.74) is 8.32.